The molecule has 2 heterocycles. The van der Waals surface area contributed by atoms with Crippen molar-refractivity contribution in [2.45, 2.75) is 31.2 Å². The van der Waals surface area contributed by atoms with E-state index in [0.29, 0.717) is 0 Å². The first-order chi connectivity index (χ1) is 13.3. The third-order valence-corrected chi connectivity index (χ3v) is 5.94. The average molecular weight is 382 g/mol. The average Bonchev–Trinajstić information content (AvgIpc) is 3.07. The van der Waals surface area contributed by atoms with Gasteiger partial charge in [-0.1, -0.05) is 31.6 Å². The standard InChI is InChI=1S/C22H24FN3S/c1-2-3-13-27-22-20-8-7-17(16-9-11-24-12-10-16)14-21(20)26(25-22)19-6-4-5-18(23)15-19/h4-9,14-15,24H,2-3,10-13H2,1H3. The summed E-state index contributed by atoms with van der Waals surface area (Å²) in [6, 6.07) is 13.2. The van der Waals surface area contributed by atoms with E-state index in [-0.39, 0.29) is 5.82 Å². The fourth-order valence-corrected chi connectivity index (χ4v) is 4.49. The lowest BCUT2D eigenvalue weighted by Crippen LogP contribution is -2.20. The van der Waals surface area contributed by atoms with Crippen molar-refractivity contribution >= 4 is 28.2 Å². The van der Waals surface area contributed by atoms with Crippen LogP contribution in [0.25, 0.3) is 22.2 Å². The predicted octanol–water partition coefficient (Wildman–Crippen LogP) is 5.43. The van der Waals surface area contributed by atoms with Gasteiger partial charge in [-0.3, -0.25) is 0 Å². The maximum Gasteiger partial charge on any atom is 0.126 e. The van der Waals surface area contributed by atoms with Gasteiger partial charge in [0.05, 0.1) is 11.2 Å². The highest BCUT2D eigenvalue weighted by Gasteiger charge is 2.15. The molecule has 0 aliphatic carbocycles. The molecule has 5 heteroatoms. The van der Waals surface area contributed by atoms with E-state index in [9.17, 15) is 4.39 Å². The van der Waals surface area contributed by atoms with Gasteiger partial charge in [0.15, 0.2) is 0 Å². The summed E-state index contributed by atoms with van der Waals surface area (Å²) in [5.74, 6) is 0.804. The third kappa shape index (κ3) is 3.94. The summed E-state index contributed by atoms with van der Waals surface area (Å²) in [5.41, 5.74) is 4.39. The van der Waals surface area contributed by atoms with E-state index in [2.05, 4.69) is 36.5 Å². The van der Waals surface area contributed by atoms with E-state index >= 15 is 0 Å². The van der Waals surface area contributed by atoms with E-state index < -0.39 is 0 Å². The molecule has 1 aliphatic heterocycles. The number of unbranched alkanes of at least 4 members (excludes halogenated alkanes) is 1. The molecular weight excluding hydrogens is 357 g/mol. The highest BCUT2D eigenvalue weighted by molar-refractivity contribution is 7.99. The van der Waals surface area contributed by atoms with Crippen molar-refractivity contribution in [1.29, 1.82) is 0 Å². The van der Waals surface area contributed by atoms with Crippen molar-refractivity contribution in [3.8, 4) is 5.69 Å². The molecule has 0 saturated heterocycles. The fraction of sp³-hybridized carbons (Fsp3) is 0.318. The van der Waals surface area contributed by atoms with E-state index in [1.165, 1.54) is 23.6 Å². The monoisotopic (exact) mass is 381 g/mol. The second-order valence-electron chi connectivity index (χ2n) is 6.81. The summed E-state index contributed by atoms with van der Waals surface area (Å²) in [7, 11) is 0. The number of fused-ring (bicyclic) bond motifs is 1. The van der Waals surface area contributed by atoms with Gasteiger partial charge in [0, 0.05) is 11.9 Å². The first-order valence-electron chi connectivity index (χ1n) is 9.58. The molecule has 3 aromatic rings. The summed E-state index contributed by atoms with van der Waals surface area (Å²) in [4.78, 5) is 0. The maximum absolute atomic E-state index is 13.8. The molecule has 0 unspecified atom stereocenters. The van der Waals surface area contributed by atoms with Crippen LogP contribution in [0.3, 0.4) is 0 Å². The fourth-order valence-electron chi connectivity index (χ4n) is 3.40. The zero-order chi connectivity index (χ0) is 18.6. The number of halogens is 1. The van der Waals surface area contributed by atoms with Crippen molar-refractivity contribution in [3.63, 3.8) is 0 Å². The van der Waals surface area contributed by atoms with Crippen molar-refractivity contribution in [1.82, 2.24) is 15.1 Å². The Bertz CT molecular complexity index is 977. The number of nitrogens with zero attached hydrogens (tertiary/aromatic N) is 2. The van der Waals surface area contributed by atoms with Gasteiger partial charge in [-0.2, -0.15) is 5.10 Å². The van der Waals surface area contributed by atoms with Crippen LogP contribution >= 0.6 is 11.8 Å². The number of benzene rings is 2. The highest BCUT2D eigenvalue weighted by Crippen LogP contribution is 2.32. The molecule has 2 aromatic carbocycles. The number of hydrogen-bond donors (Lipinski definition) is 1. The molecule has 4 rings (SSSR count). The van der Waals surface area contributed by atoms with Crippen LogP contribution in [0.5, 0.6) is 0 Å². The second kappa shape index (κ2) is 8.28. The van der Waals surface area contributed by atoms with Gasteiger partial charge < -0.3 is 5.32 Å². The third-order valence-electron chi connectivity index (χ3n) is 4.87. The minimum atomic E-state index is -0.242. The normalized spacial score (nSPS) is 14.5. The minimum absolute atomic E-state index is 0.242. The lowest BCUT2D eigenvalue weighted by Gasteiger charge is -2.14. The van der Waals surface area contributed by atoms with Crippen molar-refractivity contribution < 1.29 is 4.39 Å². The molecule has 27 heavy (non-hydrogen) atoms. The van der Waals surface area contributed by atoms with Crippen LogP contribution in [-0.2, 0) is 0 Å². The van der Waals surface area contributed by atoms with Crippen LogP contribution in [0.4, 0.5) is 4.39 Å². The largest absolute Gasteiger partial charge is 0.313 e. The predicted molar refractivity (Wildman–Crippen MR) is 112 cm³/mol. The van der Waals surface area contributed by atoms with Crippen molar-refractivity contribution in [3.05, 3.63) is 59.9 Å². The molecule has 1 aliphatic rings. The molecule has 1 aromatic heterocycles. The number of hydrogen-bond acceptors (Lipinski definition) is 3. The summed E-state index contributed by atoms with van der Waals surface area (Å²) in [5, 5.41) is 10.4. The van der Waals surface area contributed by atoms with Crippen LogP contribution in [0.1, 0.15) is 31.7 Å². The van der Waals surface area contributed by atoms with Crippen LogP contribution in [0, 0.1) is 5.82 Å². The summed E-state index contributed by atoms with van der Waals surface area (Å²) in [6.45, 7) is 4.11. The van der Waals surface area contributed by atoms with Crippen LogP contribution in [0.2, 0.25) is 0 Å². The quantitative estimate of drug-likeness (QED) is 0.456. The summed E-state index contributed by atoms with van der Waals surface area (Å²) in [6.07, 6.45) is 5.61. The van der Waals surface area contributed by atoms with Gasteiger partial charge in [-0.25, -0.2) is 9.07 Å². The first kappa shape index (κ1) is 18.3. The minimum Gasteiger partial charge on any atom is -0.313 e. The molecule has 3 nitrogen and oxygen atoms in total. The van der Waals surface area contributed by atoms with Gasteiger partial charge in [0.25, 0.3) is 0 Å². The Morgan fingerprint density at radius 3 is 2.93 bits per heavy atom. The van der Waals surface area contributed by atoms with Gasteiger partial charge in [-0.15, -0.1) is 11.8 Å². The van der Waals surface area contributed by atoms with Gasteiger partial charge in [0.1, 0.15) is 10.8 Å². The lowest BCUT2D eigenvalue weighted by atomic mass is 9.99. The second-order valence-corrected chi connectivity index (χ2v) is 7.90. The highest BCUT2D eigenvalue weighted by atomic mass is 32.2. The number of nitrogens with one attached hydrogen (secondary N) is 1. The Kier molecular flexibility index (Phi) is 5.60. The number of aromatic nitrogens is 2. The maximum atomic E-state index is 13.8. The molecule has 0 saturated carbocycles. The van der Waals surface area contributed by atoms with Gasteiger partial charge >= 0.3 is 0 Å². The lowest BCUT2D eigenvalue weighted by molar-refractivity contribution is 0.625. The van der Waals surface area contributed by atoms with E-state index in [0.717, 1.165) is 53.3 Å². The molecular formula is C22H24FN3S. The Labute approximate surface area is 163 Å². The van der Waals surface area contributed by atoms with Crippen LogP contribution < -0.4 is 5.32 Å². The van der Waals surface area contributed by atoms with Crippen molar-refractivity contribution in [2.24, 2.45) is 0 Å². The Morgan fingerprint density at radius 2 is 2.15 bits per heavy atom. The van der Waals surface area contributed by atoms with E-state index in [1.807, 2.05) is 10.7 Å². The molecule has 0 bridgehead atoms. The van der Waals surface area contributed by atoms with Crippen molar-refractivity contribution in [2.75, 3.05) is 18.8 Å². The van der Waals surface area contributed by atoms with Crippen LogP contribution in [0.15, 0.2) is 53.6 Å². The molecule has 0 atom stereocenters. The smallest absolute Gasteiger partial charge is 0.126 e. The molecule has 0 fully saturated rings. The molecule has 140 valence electrons. The molecule has 0 radical (unpaired) electrons. The van der Waals surface area contributed by atoms with Gasteiger partial charge in [-0.05, 0) is 66.6 Å². The Hall–Kier alpha value is -2.11. The Morgan fingerprint density at radius 1 is 1.22 bits per heavy atom. The van der Waals surface area contributed by atoms with E-state index in [4.69, 9.17) is 5.10 Å². The van der Waals surface area contributed by atoms with Crippen LogP contribution in [-0.4, -0.2) is 28.6 Å². The molecule has 1 N–H and O–H groups in total. The molecule has 0 amide bonds. The first-order valence-corrected chi connectivity index (χ1v) is 10.6. The zero-order valence-corrected chi connectivity index (χ0v) is 16.4. The zero-order valence-electron chi connectivity index (χ0n) is 15.5. The van der Waals surface area contributed by atoms with E-state index in [1.54, 1.807) is 23.9 Å². The van der Waals surface area contributed by atoms with Gasteiger partial charge in [0.2, 0.25) is 0 Å². The number of rotatable bonds is 6. The number of thioether (sulfide) groups is 1. The molecule has 0 spiro atoms. The SMILES string of the molecule is CCCCSc1nn(-c2cccc(F)c2)c2cc(C3=CCNCC3)ccc12. The summed E-state index contributed by atoms with van der Waals surface area (Å²) < 4.78 is 15.7. The summed E-state index contributed by atoms with van der Waals surface area (Å²) >= 11 is 1.79. The topological polar surface area (TPSA) is 29.9 Å². The Balaban J connectivity index is 1.82.